The van der Waals surface area contributed by atoms with E-state index in [1.165, 1.54) is 0 Å². The standard InChI is InChI=1S/C31H40N8O2S2/c1-4-10-23-14-16-27(17-15-23)43(40,41)33-21-26-13-9-19-39(26)31-36-29(35-30(37-31)38(3)18-5-2)32-20-25-22-42-28(34-25)24-11-7-6-8-12-24/h6-8,11-12,14-17,22,26,33H,4-5,9-10,13,18-21H2,1-3H3,(H,32,35,36,37)/t26-/m1/s1. The second kappa shape index (κ2) is 14.2. The molecular weight excluding hydrogens is 581 g/mol. The first-order valence-electron chi connectivity index (χ1n) is 14.9. The predicted octanol–water partition coefficient (Wildman–Crippen LogP) is 5.35. The lowest BCUT2D eigenvalue weighted by atomic mass is 10.1. The summed E-state index contributed by atoms with van der Waals surface area (Å²) in [5, 5.41) is 6.36. The number of hydrogen-bond donors (Lipinski definition) is 2. The molecule has 1 fully saturated rings. The molecule has 4 aromatic rings. The van der Waals surface area contributed by atoms with Gasteiger partial charge < -0.3 is 15.1 Å². The molecule has 43 heavy (non-hydrogen) atoms. The Morgan fingerprint density at radius 2 is 1.79 bits per heavy atom. The number of aryl methyl sites for hydroxylation is 1. The van der Waals surface area contributed by atoms with Crippen LogP contribution in [0, 0.1) is 0 Å². The molecule has 2 aromatic heterocycles. The van der Waals surface area contributed by atoms with E-state index in [2.05, 4.69) is 40.9 Å². The number of rotatable bonds is 14. The third-order valence-corrected chi connectivity index (χ3v) is 9.81. The molecule has 12 heteroatoms. The molecule has 1 saturated heterocycles. The van der Waals surface area contributed by atoms with E-state index >= 15 is 0 Å². The van der Waals surface area contributed by atoms with Crippen LogP contribution in [0.25, 0.3) is 10.6 Å². The van der Waals surface area contributed by atoms with Gasteiger partial charge in [-0.25, -0.2) is 18.1 Å². The molecule has 0 amide bonds. The van der Waals surface area contributed by atoms with E-state index in [-0.39, 0.29) is 17.5 Å². The van der Waals surface area contributed by atoms with E-state index in [4.69, 9.17) is 19.9 Å². The summed E-state index contributed by atoms with van der Waals surface area (Å²) in [6, 6.07) is 17.2. The summed E-state index contributed by atoms with van der Waals surface area (Å²) >= 11 is 1.61. The van der Waals surface area contributed by atoms with Crippen LogP contribution in [0.15, 0.2) is 64.9 Å². The monoisotopic (exact) mass is 620 g/mol. The highest BCUT2D eigenvalue weighted by molar-refractivity contribution is 7.89. The van der Waals surface area contributed by atoms with Gasteiger partial charge in [-0.2, -0.15) is 15.0 Å². The van der Waals surface area contributed by atoms with Crippen LogP contribution in [0.3, 0.4) is 0 Å². The maximum atomic E-state index is 13.1. The fourth-order valence-electron chi connectivity index (χ4n) is 5.16. The van der Waals surface area contributed by atoms with Gasteiger partial charge in [-0.3, -0.25) is 0 Å². The van der Waals surface area contributed by atoms with Gasteiger partial charge in [0.25, 0.3) is 0 Å². The smallest absolute Gasteiger partial charge is 0.240 e. The minimum Gasteiger partial charge on any atom is -0.348 e. The number of benzene rings is 2. The van der Waals surface area contributed by atoms with Crippen LogP contribution in [0.4, 0.5) is 17.8 Å². The van der Waals surface area contributed by atoms with Crippen molar-refractivity contribution >= 4 is 39.2 Å². The molecule has 0 unspecified atom stereocenters. The third-order valence-electron chi connectivity index (χ3n) is 7.43. The topological polar surface area (TPSA) is 116 Å². The van der Waals surface area contributed by atoms with E-state index < -0.39 is 10.0 Å². The average molecular weight is 621 g/mol. The summed E-state index contributed by atoms with van der Waals surface area (Å²) in [4.78, 5) is 23.5. The molecule has 0 radical (unpaired) electrons. The minimum absolute atomic E-state index is 0.0688. The third kappa shape index (κ3) is 7.87. The molecule has 1 aliphatic rings. The van der Waals surface area contributed by atoms with E-state index in [1.807, 2.05) is 47.7 Å². The minimum atomic E-state index is -3.64. The molecule has 3 heterocycles. The van der Waals surface area contributed by atoms with E-state index in [0.29, 0.717) is 24.4 Å². The number of sulfonamides is 1. The van der Waals surface area contributed by atoms with Crippen LogP contribution in [0.5, 0.6) is 0 Å². The maximum absolute atomic E-state index is 13.1. The Morgan fingerprint density at radius 1 is 1.00 bits per heavy atom. The van der Waals surface area contributed by atoms with Crippen molar-refractivity contribution in [3.63, 3.8) is 0 Å². The molecule has 0 bridgehead atoms. The van der Waals surface area contributed by atoms with Gasteiger partial charge in [0.2, 0.25) is 27.9 Å². The largest absolute Gasteiger partial charge is 0.348 e. The number of nitrogens with one attached hydrogen (secondary N) is 2. The van der Waals surface area contributed by atoms with Crippen LogP contribution in [-0.4, -0.2) is 61.1 Å². The van der Waals surface area contributed by atoms with Crippen molar-refractivity contribution in [1.29, 1.82) is 0 Å². The Labute approximate surface area is 258 Å². The van der Waals surface area contributed by atoms with Gasteiger partial charge in [0.05, 0.1) is 17.1 Å². The predicted molar refractivity (Wildman–Crippen MR) is 174 cm³/mol. The molecule has 228 valence electrons. The number of hydrogen-bond acceptors (Lipinski definition) is 10. The van der Waals surface area contributed by atoms with Crippen molar-refractivity contribution < 1.29 is 8.42 Å². The highest BCUT2D eigenvalue weighted by Crippen LogP contribution is 2.26. The second-order valence-electron chi connectivity index (χ2n) is 10.8. The summed E-state index contributed by atoms with van der Waals surface area (Å²) in [6.07, 6.45) is 4.67. The Balaban J connectivity index is 1.30. The van der Waals surface area contributed by atoms with Gasteiger partial charge in [0.1, 0.15) is 5.01 Å². The molecule has 10 nitrogen and oxygen atoms in total. The molecule has 5 rings (SSSR count). The van der Waals surface area contributed by atoms with Gasteiger partial charge in [0.15, 0.2) is 0 Å². The molecule has 1 atom stereocenters. The summed E-state index contributed by atoms with van der Waals surface area (Å²) < 4.78 is 29.0. The fourth-order valence-corrected chi connectivity index (χ4v) is 7.06. The number of thiazole rings is 1. The average Bonchev–Trinajstić information content (AvgIpc) is 3.70. The van der Waals surface area contributed by atoms with Crippen LogP contribution in [-0.2, 0) is 23.0 Å². The van der Waals surface area contributed by atoms with Crippen LogP contribution >= 0.6 is 11.3 Å². The summed E-state index contributed by atoms with van der Waals surface area (Å²) in [5.74, 6) is 1.59. The quantitative estimate of drug-likeness (QED) is 0.192. The van der Waals surface area contributed by atoms with Crippen molar-refractivity contribution in [2.45, 2.75) is 63.4 Å². The summed E-state index contributed by atoms with van der Waals surface area (Å²) in [5.41, 5.74) is 3.14. The van der Waals surface area contributed by atoms with Crippen molar-refractivity contribution in [3.05, 3.63) is 71.2 Å². The Morgan fingerprint density at radius 3 is 2.53 bits per heavy atom. The lowest BCUT2D eigenvalue weighted by molar-refractivity contribution is 0.565. The second-order valence-corrected chi connectivity index (χ2v) is 13.4. The first kappa shape index (κ1) is 30.8. The number of anilines is 3. The zero-order valence-electron chi connectivity index (χ0n) is 25.0. The molecule has 0 aliphatic carbocycles. The first-order valence-corrected chi connectivity index (χ1v) is 17.3. The Kier molecular flexibility index (Phi) is 10.2. The van der Waals surface area contributed by atoms with Gasteiger partial charge in [-0.15, -0.1) is 11.3 Å². The molecule has 0 saturated carbocycles. The summed E-state index contributed by atoms with van der Waals surface area (Å²) in [6.45, 7) is 6.52. The summed E-state index contributed by atoms with van der Waals surface area (Å²) in [7, 11) is -1.66. The lowest BCUT2D eigenvalue weighted by Crippen LogP contribution is -2.41. The van der Waals surface area contributed by atoms with Crippen molar-refractivity contribution in [2.75, 3.05) is 41.8 Å². The van der Waals surface area contributed by atoms with Crippen molar-refractivity contribution in [1.82, 2.24) is 24.7 Å². The number of nitrogens with zero attached hydrogens (tertiary/aromatic N) is 6. The van der Waals surface area contributed by atoms with Crippen LogP contribution < -0.4 is 19.8 Å². The van der Waals surface area contributed by atoms with Crippen LogP contribution in [0.2, 0.25) is 0 Å². The zero-order chi connectivity index (χ0) is 30.2. The number of aromatic nitrogens is 4. The highest BCUT2D eigenvalue weighted by Gasteiger charge is 2.29. The van der Waals surface area contributed by atoms with Crippen molar-refractivity contribution in [3.8, 4) is 10.6 Å². The molecule has 2 N–H and O–H groups in total. The SMILES string of the molecule is CCCc1ccc(S(=O)(=O)NC[C@H]2CCCN2c2nc(NCc3csc(-c4ccccc4)n3)nc(N(C)CCC)n2)cc1. The Hall–Kier alpha value is -3.61. The fraction of sp³-hybridized carbons (Fsp3) is 0.419. The van der Waals surface area contributed by atoms with Gasteiger partial charge in [-0.1, -0.05) is 62.7 Å². The highest BCUT2D eigenvalue weighted by atomic mass is 32.2. The molecule has 2 aromatic carbocycles. The van der Waals surface area contributed by atoms with Gasteiger partial charge in [-0.05, 0) is 43.4 Å². The molecular formula is C31H40N8O2S2. The maximum Gasteiger partial charge on any atom is 0.240 e. The van der Waals surface area contributed by atoms with Crippen LogP contribution in [0.1, 0.15) is 50.8 Å². The molecule has 0 spiro atoms. The van der Waals surface area contributed by atoms with E-state index in [1.54, 1.807) is 23.5 Å². The first-order chi connectivity index (χ1) is 20.9. The van der Waals surface area contributed by atoms with E-state index in [0.717, 1.165) is 67.0 Å². The van der Waals surface area contributed by atoms with E-state index in [9.17, 15) is 8.42 Å². The van der Waals surface area contributed by atoms with Crippen molar-refractivity contribution in [2.24, 2.45) is 0 Å². The van der Waals surface area contributed by atoms with Gasteiger partial charge in [0, 0.05) is 43.7 Å². The molecule has 1 aliphatic heterocycles. The normalized spacial score (nSPS) is 15.1. The lowest BCUT2D eigenvalue weighted by Gasteiger charge is -2.26. The van der Waals surface area contributed by atoms with Gasteiger partial charge >= 0.3 is 0 Å². The zero-order valence-corrected chi connectivity index (χ0v) is 26.7. The Bertz CT molecular complexity index is 1580.